The van der Waals surface area contributed by atoms with Crippen molar-refractivity contribution in [2.45, 2.75) is 6.92 Å². The van der Waals surface area contributed by atoms with Gasteiger partial charge in [0.15, 0.2) is 0 Å². The molecule has 0 spiro atoms. The van der Waals surface area contributed by atoms with Crippen molar-refractivity contribution in [2.75, 3.05) is 38.1 Å². The molecule has 148 valence electrons. The summed E-state index contributed by atoms with van der Waals surface area (Å²) in [6, 6.07) is 7.18. The maximum absolute atomic E-state index is 12.6. The Hall–Kier alpha value is -2.42. The lowest BCUT2D eigenvalue weighted by atomic mass is 10.0. The first-order chi connectivity index (χ1) is 13.5. The van der Waals surface area contributed by atoms with E-state index in [1.807, 2.05) is 12.1 Å². The van der Waals surface area contributed by atoms with Gasteiger partial charge in [-0.25, -0.2) is 4.79 Å². The number of piperazine rings is 1. The Bertz CT molecular complexity index is 899. The van der Waals surface area contributed by atoms with Crippen LogP contribution in [0.5, 0.6) is 0 Å². The molecular weight excluding hydrogens is 402 g/mol. The quantitative estimate of drug-likeness (QED) is 0.700. The van der Waals surface area contributed by atoms with Crippen molar-refractivity contribution in [3.63, 3.8) is 0 Å². The number of anilines is 1. The first-order valence-electron chi connectivity index (χ1n) is 8.82. The van der Waals surface area contributed by atoms with Gasteiger partial charge < -0.3 is 15.4 Å². The molecule has 2 heterocycles. The van der Waals surface area contributed by atoms with E-state index in [1.165, 1.54) is 11.3 Å². The summed E-state index contributed by atoms with van der Waals surface area (Å²) >= 11 is 7.53. The molecule has 0 atom stereocenters. The monoisotopic (exact) mass is 421 g/mol. The van der Waals surface area contributed by atoms with E-state index in [0.29, 0.717) is 34.2 Å². The number of amides is 2. The number of rotatable bonds is 6. The number of hydrogen-bond donors (Lipinski definition) is 2. The van der Waals surface area contributed by atoms with Gasteiger partial charge in [-0.3, -0.25) is 14.5 Å². The Balaban J connectivity index is 1.84. The molecule has 0 unspecified atom stereocenters. The van der Waals surface area contributed by atoms with Crippen LogP contribution >= 0.6 is 22.9 Å². The Morgan fingerprint density at radius 3 is 2.82 bits per heavy atom. The number of thiophene rings is 1. The third kappa shape index (κ3) is 4.70. The molecule has 1 aliphatic heterocycles. The molecule has 1 aromatic heterocycles. The largest absolute Gasteiger partial charge is 0.462 e. The SMILES string of the molecule is CCOC(=O)c1c(-c2ccccc2Cl)csc1NC(=O)CN1CCNC(=O)C1. The molecule has 0 saturated carbocycles. The van der Waals surface area contributed by atoms with E-state index in [9.17, 15) is 14.4 Å². The van der Waals surface area contributed by atoms with Gasteiger partial charge in [-0.05, 0) is 13.0 Å². The molecule has 1 fully saturated rings. The molecule has 28 heavy (non-hydrogen) atoms. The molecule has 0 aliphatic carbocycles. The molecule has 2 N–H and O–H groups in total. The Labute approximate surface area is 171 Å². The molecule has 1 aliphatic rings. The zero-order chi connectivity index (χ0) is 20.1. The molecule has 1 aromatic carbocycles. The molecule has 0 bridgehead atoms. The lowest BCUT2D eigenvalue weighted by Gasteiger charge is -2.25. The van der Waals surface area contributed by atoms with Gasteiger partial charge in [0.25, 0.3) is 0 Å². The van der Waals surface area contributed by atoms with Crippen LogP contribution in [0.25, 0.3) is 11.1 Å². The highest BCUT2D eigenvalue weighted by molar-refractivity contribution is 7.15. The zero-order valence-electron chi connectivity index (χ0n) is 15.3. The first-order valence-corrected chi connectivity index (χ1v) is 10.1. The van der Waals surface area contributed by atoms with Crippen molar-refractivity contribution in [1.29, 1.82) is 0 Å². The summed E-state index contributed by atoms with van der Waals surface area (Å²) in [5.41, 5.74) is 1.59. The van der Waals surface area contributed by atoms with Crippen LogP contribution in [0.3, 0.4) is 0 Å². The van der Waals surface area contributed by atoms with Crippen LogP contribution < -0.4 is 10.6 Å². The van der Waals surface area contributed by atoms with E-state index >= 15 is 0 Å². The second kappa shape index (κ2) is 9.18. The van der Waals surface area contributed by atoms with E-state index < -0.39 is 5.97 Å². The summed E-state index contributed by atoms with van der Waals surface area (Å²) in [4.78, 5) is 38.3. The van der Waals surface area contributed by atoms with Crippen LogP contribution in [0.15, 0.2) is 29.6 Å². The third-order valence-electron chi connectivity index (χ3n) is 4.17. The van der Waals surface area contributed by atoms with Crippen molar-refractivity contribution in [2.24, 2.45) is 0 Å². The standard InChI is InChI=1S/C19H20ClN3O4S/c1-2-27-19(26)17-13(12-5-3-4-6-14(12)20)11-28-18(17)22-16(25)10-23-8-7-21-15(24)9-23/h3-6,11H,2,7-10H2,1H3,(H,21,24)(H,22,25). The van der Waals surface area contributed by atoms with Gasteiger partial charge in [0.05, 0.1) is 19.7 Å². The number of ether oxygens (including phenoxy) is 1. The smallest absolute Gasteiger partial charge is 0.341 e. The minimum Gasteiger partial charge on any atom is -0.462 e. The number of esters is 1. The fourth-order valence-electron chi connectivity index (χ4n) is 2.93. The van der Waals surface area contributed by atoms with Gasteiger partial charge in [-0.1, -0.05) is 29.8 Å². The van der Waals surface area contributed by atoms with E-state index in [-0.39, 0.29) is 37.1 Å². The summed E-state index contributed by atoms with van der Waals surface area (Å²) in [6.07, 6.45) is 0. The van der Waals surface area contributed by atoms with Crippen LogP contribution in [-0.2, 0) is 14.3 Å². The molecule has 3 rings (SSSR count). The normalized spacial score (nSPS) is 14.4. The highest BCUT2D eigenvalue weighted by Gasteiger charge is 2.25. The van der Waals surface area contributed by atoms with Gasteiger partial charge in [-0.15, -0.1) is 11.3 Å². The van der Waals surface area contributed by atoms with E-state index in [0.717, 1.165) is 0 Å². The van der Waals surface area contributed by atoms with Crippen LogP contribution in [0.4, 0.5) is 5.00 Å². The van der Waals surface area contributed by atoms with Crippen molar-refractivity contribution in [1.82, 2.24) is 10.2 Å². The molecule has 9 heteroatoms. The fraction of sp³-hybridized carbons (Fsp3) is 0.316. The average molecular weight is 422 g/mol. The lowest BCUT2D eigenvalue weighted by molar-refractivity contribution is -0.125. The Kier molecular flexibility index (Phi) is 6.66. The maximum Gasteiger partial charge on any atom is 0.341 e. The number of carbonyl (C=O) groups excluding carboxylic acids is 3. The van der Waals surface area contributed by atoms with Crippen molar-refractivity contribution in [3.8, 4) is 11.1 Å². The highest BCUT2D eigenvalue weighted by Crippen LogP contribution is 2.39. The molecule has 2 amide bonds. The van der Waals surface area contributed by atoms with Crippen LogP contribution in [0.2, 0.25) is 5.02 Å². The van der Waals surface area contributed by atoms with E-state index in [1.54, 1.807) is 29.3 Å². The summed E-state index contributed by atoms with van der Waals surface area (Å²) in [6.45, 7) is 3.28. The van der Waals surface area contributed by atoms with E-state index in [4.69, 9.17) is 16.3 Å². The average Bonchev–Trinajstić information content (AvgIpc) is 3.05. The third-order valence-corrected chi connectivity index (χ3v) is 5.40. The number of nitrogens with zero attached hydrogens (tertiary/aromatic N) is 1. The minimum atomic E-state index is -0.522. The van der Waals surface area contributed by atoms with Gasteiger partial charge in [0.1, 0.15) is 10.6 Å². The maximum atomic E-state index is 12.6. The second-order valence-electron chi connectivity index (χ2n) is 6.16. The highest BCUT2D eigenvalue weighted by atomic mass is 35.5. The van der Waals surface area contributed by atoms with E-state index in [2.05, 4.69) is 10.6 Å². The van der Waals surface area contributed by atoms with Crippen LogP contribution in [0, 0.1) is 0 Å². The number of nitrogens with one attached hydrogen (secondary N) is 2. The Morgan fingerprint density at radius 2 is 2.11 bits per heavy atom. The number of benzene rings is 1. The molecule has 0 radical (unpaired) electrons. The summed E-state index contributed by atoms with van der Waals surface area (Å²) in [5, 5.41) is 8.18. The van der Waals surface area contributed by atoms with Crippen molar-refractivity contribution in [3.05, 3.63) is 40.2 Å². The molecular formula is C19H20ClN3O4S. The summed E-state index contributed by atoms with van der Waals surface area (Å²) in [5.74, 6) is -0.928. The second-order valence-corrected chi connectivity index (χ2v) is 7.45. The molecule has 2 aromatic rings. The fourth-order valence-corrected chi connectivity index (χ4v) is 4.13. The summed E-state index contributed by atoms with van der Waals surface area (Å²) < 4.78 is 5.18. The van der Waals surface area contributed by atoms with Gasteiger partial charge >= 0.3 is 5.97 Å². The van der Waals surface area contributed by atoms with Gasteiger partial charge in [-0.2, -0.15) is 0 Å². The summed E-state index contributed by atoms with van der Waals surface area (Å²) in [7, 11) is 0. The molecule has 1 saturated heterocycles. The lowest BCUT2D eigenvalue weighted by Crippen LogP contribution is -2.49. The number of hydrogen-bond acceptors (Lipinski definition) is 6. The van der Waals surface area contributed by atoms with Crippen LogP contribution in [-0.4, -0.2) is 55.5 Å². The topological polar surface area (TPSA) is 87.7 Å². The minimum absolute atomic E-state index is 0.0645. The molecule has 7 nitrogen and oxygen atoms in total. The van der Waals surface area contributed by atoms with Gasteiger partial charge in [0, 0.05) is 34.6 Å². The zero-order valence-corrected chi connectivity index (χ0v) is 16.9. The van der Waals surface area contributed by atoms with Crippen molar-refractivity contribution < 1.29 is 19.1 Å². The number of carbonyl (C=O) groups is 3. The number of halogens is 1. The first kappa shape index (κ1) is 20.3. The van der Waals surface area contributed by atoms with Crippen LogP contribution in [0.1, 0.15) is 17.3 Å². The van der Waals surface area contributed by atoms with Gasteiger partial charge in [0.2, 0.25) is 11.8 Å². The Morgan fingerprint density at radius 1 is 1.32 bits per heavy atom. The predicted molar refractivity (Wildman–Crippen MR) is 109 cm³/mol. The van der Waals surface area contributed by atoms with Crippen molar-refractivity contribution >= 4 is 45.7 Å². The predicted octanol–water partition coefficient (Wildman–Crippen LogP) is 2.62.